The maximum atomic E-state index is 14.1. The SMILES string of the molecule is C[C@@H]1CN(c2ncnn3cc(-c4cnn(C)c4)cc23)CCN1c1ncc(-c2ccc(F)cc2F)cn1. The van der Waals surface area contributed by atoms with Crippen molar-refractivity contribution in [2.24, 2.45) is 7.05 Å². The number of aromatic nitrogens is 7. The lowest BCUT2D eigenvalue weighted by Gasteiger charge is -2.40. The molecule has 9 nitrogen and oxygen atoms in total. The van der Waals surface area contributed by atoms with Crippen LogP contribution in [0.1, 0.15) is 6.92 Å². The zero-order valence-electron chi connectivity index (χ0n) is 19.8. The number of aryl methyl sites for hydroxylation is 1. The number of rotatable bonds is 4. The van der Waals surface area contributed by atoms with E-state index in [0.717, 1.165) is 41.6 Å². The van der Waals surface area contributed by atoms with Crippen LogP contribution in [0, 0.1) is 11.6 Å². The van der Waals surface area contributed by atoms with Crippen molar-refractivity contribution < 1.29 is 8.78 Å². The van der Waals surface area contributed by atoms with Crippen LogP contribution in [0.4, 0.5) is 20.5 Å². The molecular formula is C25H23F2N9. The summed E-state index contributed by atoms with van der Waals surface area (Å²) >= 11 is 0. The molecule has 1 aliphatic rings. The highest BCUT2D eigenvalue weighted by atomic mass is 19.1. The Bertz CT molecular complexity index is 1540. The molecule has 0 N–H and O–H groups in total. The molecule has 0 bridgehead atoms. The van der Waals surface area contributed by atoms with Crippen molar-refractivity contribution >= 4 is 17.3 Å². The summed E-state index contributed by atoms with van der Waals surface area (Å²) in [5.74, 6) is 0.189. The second-order valence-corrected chi connectivity index (χ2v) is 8.93. The van der Waals surface area contributed by atoms with Gasteiger partial charge < -0.3 is 9.80 Å². The summed E-state index contributed by atoms with van der Waals surface area (Å²) in [5.41, 5.74) is 3.75. The van der Waals surface area contributed by atoms with Gasteiger partial charge in [-0.2, -0.15) is 10.2 Å². The Morgan fingerprint density at radius 2 is 1.72 bits per heavy atom. The van der Waals surface area contributed by atoms with Gasteiger partial charge in [-0.3, -0.25) is 4.68 Å². The molecule has 1 saturated heterocycles. The maximum absolute atomic E-state index is 14.1. The fraction of sp³-hybridized carbons (Fsp3) is 0.240. The Hall–Kier alpha value is -4.41. The van der Waals surface area contributed by atoms with Crippen molar-refractivity contribution in [3.8, 4) is 22.3 Å². The molecule has 1 fully saturated rings. The first-order valence-electron chi connectivity index (χ1n) is 11.6. The van der Waals surface area contributed by atoms with Crippen LogP contribution in [0.15, 0.2) is 61.6 Å². The molecule has 36 heavy (non-hydrogen) atoms. The number of anilines is 2. The summed E-state index contributed by atoms with van der Waals surface area (Å²) in [4.78, 5) is 17.9. The van der Waals surface area contributed by atoms with E-state index in [-0.39, 0.29) is 11.6 Å². The van der Waals surface area contributed by atoms with E-state index < -0.39 is 11.6 Å². The van der Waals surface area contributed by atoms with E-state index in [9.17, 15) is 8.78 Å². The van der Waals surface area contributed by atoms with Crippen molar-refractivity contribution in [1.29, 1.82) is 0 Å². The first-order chi connectivity index (χ1) is 17.5. The molecule has 0 saturated carbocycles. The summed E-state index contributed by atoms with van der Waals surface area (Å²) in [6, 6.07) is 5.67. The maximum Gasteiger partial charge on any atom is 0.225 e. The zero-order valence-corrected chi connectivity index (χ0v) is 19.8. The quantitative estimate of drug-likeness (QED) is 0.383. The van der Waals surface area contributed by atoms with Crippen LogP contribution in [0.25, 0.3) is 27.8 Å². The minimum Gasteiger partial charge on any atom is -0.351 e. The minimum absolute atomic E-state index is 0.106. The smallest absolute Gasteiger partial charge is 0.225 e. The van der Waals surface area contributed by atoms with Gasteiger partial charge in [0, 0.05) is 85.8 Å². The fourth-order valence-electron chi connectivity index (χ4n) is 4.67. The minimum atomic E-state index is -0.637. The van der Waals surface area contributed by atoms with Crippen molar-refractivity contribution in [3.63, 3.8) is 0 Å². The van der Waals surface area contributed by atoms with Gasteiger partial charge in [-0.15, -0.1) is 0 Å². The van der Waals surface area contributed by atoms with E-state index in [1.165, 1.54) is 12.1 Å². The first kappa shape index (κ1) is 22.1. The topological polar surface area (TPSA) is 80.3 Å². The Labute approximate surface area is 205 Å². The molecule has 0 aliphatic carbocycles. The van der Waals surface area contributed by atoms with Gasteiger partial charge in [0.15, 0.2) is 5.82 Å². The number of halogens is 2. The summed E-state index contributed by atoms with van der Waals surface area (Å²) in [6.07, 6.45) is 10.5. The van der Waals surface area contributed by atoms with Gasteiger partial charge in [0.2, 0.25) is 5.95 Å². The predicted molar refractivity (Wildman–Crippen MR) is 132 cm³/mol. The molecule has 0 unspecified atom stereocenters. The molecule has 5 aromatic rings. The molecule has 11 heteroatoms. The molecule has 182 valence electrons. The fourth-order valence-corrected chi connectivity index (χ4v) is 4.67. The average molecular weight is 488 g/mol. The van der Waals surface area contributed by atoms with E-state index in [0.29, 0.717) is 18.1 Å². The largest absolute Gasteiger partial charge is 0.351 e. The molecule has 4 aromatic heterocycles. The van der Waals surface area contributed by atoms with Gasteiger partial charge >= 0.3 is 0 Å². The lowest BCUT2D eigenvalue weighted by molar-refractivity contribution is 0.537. The summed E-state index contributed by atoms with van der Waals surface area (Å²) < 4.78 is 31.0. The van der Waals surface area contributed by atoms with Gasteiger partial charge in [0.25, 0.3) is 0 Å². The van der Waals surface area contributed by atoms with Gasteiger partial charge in [-0.25, -0.2) is 28.2 Å². The third kappa shape index (κ3) is 3.92. The van der Waals surface area contributed by atoms with Crippen LogP contribution in [-0.2, 0) is 7.05 Å². The normalized spacial score (nSPS) is 16.2. The van der Waals surface area contributed by atoms with Gasteiger partial charge in [0.1, 0.15) is 23.5 Å². The Kier molecular flexibility index (Phi) is 5.32. The Morgan fingerprint density at radius 1 is 0.889 bits per heavy atom. The Balaban J connectivity index is 1.21. The molecule has 5 heterocycles. The Morgan fingerprint density at radius 3 is 2.44 bits per heavy atom. The van der Waals surface area contributed by atoms with Crippen molar-refractivity contribution in [2.75, 3.05) is 29.4 Å². The molecule has 1 aromatic carbocycles. The molecule has 1 aliphatic heterocycles. The molecule has 0 amide bonds. The first-order valence-corrected chi connectivity index (χ1v) is 11.6. The zero-order chi connectivity index (χ0) is 24.8. The van der Waals surface area contributed by atoms with Crippen LogP contribution >= 0.6 is 0 Å². The van der Waals surface area contributed by atoms with Crippen molar-refractivity contribution in [3.05, 3.63) is 73.2 Å². The lowest BCUT2D eigenvalue weighted by atomic mass is 10.1. The van der Waals surface area contributed by atoms with E-state index in [1.807, 2.05) is 30.2 Å². The second kappa shape index (κ2) is 8.67. The second-order valence-electron chi connectivity index (χ2n) is 8.93. The number of fused-ring (bicyclic) bond motifs is 1. The van der Waals surface area contributed by atoms with Crippen molar-refractivity contribution in [1.82, 2.24) is 34.3 Å². The molecule has 0 radical (unpaired) electrons. The summed E-state index contributed by atoms with van der Waals surface area (Å²) in [7, 11) is 1.89. The molecular weight excluding hydrogens is 464 g/mol. The highest BCUT2D eigenvalue weighted by Crippen LogP contribution is 2.29. The predicted octanol–water partition coefficient (Wildman–Crippen LogP) is 3.58. The number of piperazine rings is 1. The lowest BCUT2D eigenvalue weighted by Crippen LogP contribution is -2.53. The number of hydrogen-bond acceptors (Lipinski definition) is 7. The third-order valence-corrected chi connectivity index (χ3v) is 6.49. The molecule has 6 rings (SSSR count). The van der Waals surface area contributed by atoms with E-state index >= 15 is 0 Å². The monoisotopic (exact) mass is 487 g/mol. The standard InChI is InChI=1S/C25H23F2N9/c1-16-12-34(24-23-7-17(14-36(23)32-15-30-24)19-11-31-33(2)13-19)5-6-35(16)25-28-9-18(10-29-25)21-4-3-20(26)8-22(21)27/h3-4,7-11,13-16H,5-6,12H2,1-2H3/t16-/m1/s1. The third-order valence-electron chi connectivity index (χ3n) is 6.49. The van der Waals surface area contributed by atoms with Crippen LogP contribution < -0.4 is 9.80 Å². The number of hydrogen-bond donors (Lipinski definition) is 0. The van der Waals surface area contributed by atoms with Crippen LogP contribution in [0.3, 0.4) is 0 Å². The van der Waals surface area contributed by atoms with Crippen LogP contribution in [0.2, 0.25) is 0 Å². The van der Waals surface area contributed by atoms with Crippen molar-refractivity contribution in [2.45, 2.75) is 13.0 Å². The average Bonchev–Trinajstić information content (AvgIpc) is 3.50. The highest BCUT2D eigenvalue weighted by molar-refractivity contribution is 5.77. The molecule has 1 atom stereocenters. The summed E-state index contributed by atoms with van der Waals surface area (Å²) in [6.45, 7) is 4.25. The number of benzene rings is 1. The number of nitrogens with zero attached hydrogens (tertiary/aromatic N) is 9. The van der Waals surface area contributed by atoms with E-state index in [2.05, 4.69) is 47.9 Å². The van der Waals surface area contributed by atoms with E-state index in [4.69, 9.17) is 0 Å². The molecule has 0 spiro atoms. The van der Waals surface area contributed by atoms with E-state index in [1.54, 1.807) is 23.4 Å². The summed E-state index contributed by atoms with van der Waals surface area (Å²) in [5, 5.41) is 8.65. The van der Waals surface area contributed by atoms with Crippen LogP contribution in [-0.4, -0.2) is 60.0 Å². The van der Waals surface area contributed by atoms with Gasteiger partial charge in [-0.05, 0) is 25.1 Å². The van der Waals surface area contributed by atoms with Crippen LogP contribution in [0.5, 0.6) is 0 Å². The van der Waals surface area contributed by atoms with Gasteiger partial charge in [-0.1, -0.05) is 0 Å². The highest BCUT2D eigenvalue weighted by Gasteiger charge is 2.28. The van der Waals surface area contributed by atoms with Gasteiger partial charge in [0.05, 0.1) is 6.20 Å².